The van der Waals surface area contributed by atoms with Crippen molar-refractivity contribution in [1.82, 2.24) is 9.80 Å². The Bertz CT molecular complexity index is 234. The average molecular weight is 219 g/mol. The molecule has 89 valence electrons. The van der Waals surface area contributed by atoms with Crippen LogP contribution >= 0.6 is 0 Å². The maximum absolute atomic E-state index is 2.78. The van der Waals surface area contributed by atoms with Crippen molar-refractivity contribution < 1.29 is 0 Å². The standard InChI is InChI=1S/C14H23N2/c1-7-16-8-2-11(1)9-14(16)13-10-15-5-3-12(13)4-6-15/h9,11-14H,1-8,10H2. The highest BCUT2D eigenvalue weighted by atomic mass is 15.2. The van der Waals surface area contributed by atoms with E-state index in [2.05, 4.69) is 16.2 Å². The smallest absolute Gasteiger partial charge is 0.0173 e. The summed E-state index contributed by atoms with van der Waals surface area (Å²) < 4.78 is 0. The fraction of sp³-hybridized carbons (Fsp3) is 0.929. The second-order valence-corrected chi connectivity index (χ2v) is 6.36. The number of nitrogens with zero attached hydrogens (tertiary/aromatic N) is 2. The van der Waals surface area contributed by atoms with E-state index in [0.29, 0.717) is 0 Å². The highest BCUT2D eigenvalue weighted by molar-refractivity contribution is 5.06. The third-order valence-electron chi connectivity index (χ3n) is 5.61. The third kappa shape index (κ3) is 1.46. The first kappa shape index (κ1) is 9.90. The molecule has 2 nitrogen and oxygen atoms in total. The largest absolute Gasteiger partial charge is 0.303 e. The molecule has 0 aromatic rings. The van der Waals surface area contributed by atoms with E-state index >= 15 is 0 Å². The van der Waals surface area contributed by atoms with Crippen LogP contribution in [0.25, 0.3) is 0 Å². The van der Waals surface area contributed by atoms with E-state index in [0.717, 1.165) is 23.8 Å². The molecule has 6 aliphatic heterocycles. The van der Waals surface area contributed by atoms with Gasteiger partial charge in [0.25, 0.3) is 0 Å². The molecule has 0 aromatic carbocycles. The fourth-order valence-electron chi connectivity index (χ4n) is 4.62. The van der Waals surface area contributed by atoms with Gasteiger partial charge in [-0.2, -0.15) is 0 Å². The predicted octanol–water partition coefficient (Wildman–Crippen LogP) is 1.63. The molecule has 1 radical (unpaired) electrons. The molecule has 2 heteroatoms. The Balaban J connectivity index is 1.53. The van der Waals surface area contributed by atoms with Crippen LogP contribution in [0.15, 0.2) is 0 Å². The Morgan fingerprint density at radius 3 is 2.12 bits per heavy atom. The first-order chi connectivity index (χ1) is 7.90. The zero-order valence-corrected chi connectivity index (χ0v) is 10.1. The van der Waals surface area contributed by atoms with E-state index in [1.807, 2.05) is 0 Å². The van der Waals surface area contributed by atoms with E-state index in [-0.39, 0.29) is 0 Å². The van der Waals surface area contributed by atoms with Crippen molar-refractivity contribution in [2.45, 2.75) is 31.7 Å². The molecule has 0 saturated carbocycles. The SMILES string of the molecule is [CH]1C2CCN(CC2)C1C1CN2CCC1CC2. The van der Waals surface area contributed by atoms with Crippen molar-refractivity contribution in [3.8, 4) is 0 Å². The van der Waals surface area contributed by atoms with E-state index in [1.54, 1.807) is 0 Å². The van der Waals surface area contributed by atoms with Gasteiger partial charge in [-0.15, -0.1) is 0 Å². The summed E-state index contributed by atoms with van der Waals surface area (Å²) in [6.45, 7) is 6.94. The van der Waals surface area contributed by atoms with E-state index in [9.17, 15) is 0 Å². The maximum atomic E-state index is 2.78. The Morgan fingerprint density at radius 1 is 0.875 bits per heavy atom. The van der Waals surface area contributed by atoms with Gasteiger partial charge in [0.1, 0.15) is 0 Å². The molecule has 0 aliphatic carbocycles. The van der Waals surface area contributed by atoms with Gasteiger partial charge in [-0.25, -0.2) is 0 Å². The van der Waals surface area contributed by atoms with Crippen LogP contribution in [-0.2, 0) is 0 Å². The average Bonchev–Trinajstić information content (AvgIpc) is 2.41. The minimum absolute atomic E-state index is 0.848. The molecular formula is C14H23N2. The Hall–Kier alpha value is -0.0800. The van der Waals surface area contributed by atoms with E-state index < -0.39 is 0 Å². The molecule has 0 spiro atoms. The number of piperidine rings is 6. The molecule has 6 rings (SSSR count). The molecular weight excluding hydrogens is 196 g/mol. The van der Waals surface area contributed by atoms with Crippen LogP contribution in [0.5, 0.6) is 0 Å². The van der Waals surface area contributed by atoms with Crippen molar-refractivity contribution in [2.24, 2.45) is 17.8 Å². The summed E-state index contributed by atoms with van der Waals surface area (Å²) in [5.41, 5.74) is 0. The highest BCUT2D eigenvalue weighted by Crippen LogP contribution is 2.42. The quantitative estimate of drug-likeness (QED) is 0.661. The molecule has 16 heavy (non-hydrogen) atoms. The second-order valence-electron chi connectivity index (χ2n) is 6.36. The van der Waals surface area contributed by atoms with Gasteiger partial charge in [-0.1, -0.05) is 0 Å². The normalized spacial score (nSPS) is 55.5. The summed E-state index contributed by atoms with van der Waals surface area (Å²) in [5.74, 6) is 2.99. The van der Waals surface area contributed by atoms with Crippen molar-refractivity contribution >= 4 is 0 Å². The van der Waals surface area contributed by atoms with Crippen LogP contribution < -0.4 is 0 Å². The number of rotatable bonds is 1. The fourth-order valence-corrected chi connectivity index (χ4v) is 4.62. The zero-order valence-electron chi connectivity index (χ0n) is 10.1. The molecule has 2 unspecified atom stereocenters. The minimum atomic E-state index is 0.848. The summed E-state index contributed by atoms with van der Waals surface area (Å²) in [5, 5.41) is 0. The van der Waals surface area contributed by atoms with Gasteiger partial charge in [0.2, 0.25) is 0 Å². The summed E-state index contributed by atoms with van der Waals surface area (Å²) >= 11 is 0. The molecule has 0 N–H and O–H groups in total. The van der Waals surface area contributed by atoms with Crippen LogP contribution in [0.1, 0.15) is 25.7 Å². The maximum Gasteiger partial charge on any atom is 0.0173 e. The van der Waals surface area contributed by atoms with Crippen LogP contribution in [0, 0.1) is 24.2 Å². The van der Waals surface area contributed by atoms with Gasteiger partial charge < -0.3 is 4.90 Å². The van der Waals surface area contributed by atoms with Gasteiger partial charge in [0.05, 0.1) is 0 Å². The lowest BCUT2D eigenvalue weighted by Gasteiger charge is -2.54. The first-order valence-electron chi connectivity index (χ1n) is 7.21. The molecule has 6 fully saturated rings. The van der Waals surface area contributed by atoms with Crippen LogP contribution in [-0.4, -0.2) is 48.6 Å². The second kappa shape index (κ2) is 3.71. The topological polar surface area (TPSA) is 6.48 Å². The summed E-state index contributed by atoms with van der Waals surface area (Å²) in [6, 6.07) is 0.848. The Labute approximate surface area is 99.0 Å². The van der Waals surface area contributed by atoms with E-state index in [1.165, 1.54) is 58.4 Å². The van der Waals surface area contributed by atoms with Gasteiger partial charge in [-0.3, -0.25) is 4.90 Å². The van der Waals surface area contributed by atoms with Crippen LogP contribution in [0.3, 0.4) is 0 Å². The molecule has 0 amide bonds. The lowest BCUT2D eigenvalue weighted by molar-refractivity contribution is -0.0244. The van der Waals surface area contributed by atoms with E-state index in [4.69, 9.17) is 0 Å². The summed E-state index contributed by atoms with van der Waals surface area (Å²) in [7, 11) is 0. The molecule has 6 saturated heterocycles. The minimum Gasteiger partial charge on any atom is -0.303 e. The summed E-state index contributed by atoms with van der Waals surface area (Å²) in [6.07, 6.45) is 8.57. The molecule has 6 aliphatic rings. The van der Waals surface area contributed by atoms with Crippen molar-refractivity contribution in [2.75, 3.05) is 32.7 Å². The molecule has 0 aromatic heterocycles. The van der Waals surface area contributed by atoms with Gasteiger partial charge in [0.15, 0.2) is 0 Å². The lowest BCUT2D eigenvalue weighted by Crippen LogP contribution is -2.59. The Kier molecular flexibility index (Phi) is 2.29. The predicted molar refractivity (Wildman–Crippen MR) is 65.0 cm³/mol. The highest BCUT2D eigenvalue weighted by Gasteiger charge is 2.44. The van der Waals surface area contributed by atoms with Crippen molar-refractivity contribution in [3.63, 3.8) is 0 Å². The lowest BCUT2D eigenvalue weighted by atomic mass is 9.69. The van der Waals surface area contributed by atoms with Crippen molar-refractivity contribution in [1.29, 1.82) is 0 Å². The number of hydrogen-bond acceptors (Lipinski definition) is 2. The molecule has 2 atom stereocenters. The van der Waals surface area contributed by atoms with Crippen LogP contribution in [0.2, 0.25) is 0 Å². The first-order valence-corrected chi connectivity index (χ1v) is 7.21. The summed E-state index contributed by atoms with van der Waals surface area (Å²) in [4.78, 5) is 5.49. The molecule has 6 heterocycles. The number of fused-ring (bicyclic) bond motifs is 7. The monoisotopic (exact) mass is 219 g/mol. The van der Waals surface area contributed by atoms with Gasteiger partial charge >= 0.3 is 0 Å². The van der Waals surface area contributed by atoms with Crippen LogP contribution in [0.4, 0.5) is 0 Å². The zero-order chi connectivity index (χ0) is 10.5. The third-order valence-corrected chi connectivity index (χ3v) is 5.61. The van der Waals surface area contributed by atoms with Crippen molar-refractivity contribution in [3.05, 3.63) is 6.42 Å². The van der Waals surface area contributed by atoms with Gasteiger partial charge in [0, 0.05) is 12.6 Å². The van der Waals surface area contributed by atoms with Gasteiger partial charge in [-0.05, 0) is 76.0 Å². The number of hydrogen-bond donors (Lipinski definition) is 0. The Morgan fingerprint density at radius 2 is 1.62 bits per heavy atom. The molecule has 4 bridgehead atoms.